The minimum absolute atomic E-state index is 0.0951. The minimum atomic E-state index is -3.59. The van der Waals surface area contributed by atoms with Crippen molar-refractivity contribution in [1.29, 1.82) is 0 Å². The van der Waals surface area contributed by atoms with Crippen LogP contribution in [0.3, 0.4) is 0 Å². The number of sulfonamides is 1. The monoisotopic (exact) mass is 564 g/mol. The fourth-order valence-electron chi connectivity index (χ4n) is 11.1. The average Bonchev–Trinajstić information content (AvgIpc) is 3.26. The normalized spacial score (nSPS) is 43.6. The molecule has 5 aliphatic carbocycles. The molecule has 6 nitrogen and oxygen atoms in total. The lowest BCUT2D eigenvalue weighted by atomic mass is 9.42. The number of urea groups is 1. The Morgan fingerprint density at radius 2 is 1.62 bits per heavy atom. The third-order valence-corrected chi connectivity index (χ3v) is 15.0. The Kier molecular flexibility index (Phi) is 8.71. The molecular weight excluding hydrogens is 508 g/mol. The largest absolute Gasteiger partial charge is 0.393 e. The number of rotatable bonds is 7. The van der Waals surface area contributed by atoms with Crippen LogP contribution in [-0.2, 0) is 10.0 Å². The molecule has 0 aromatic carbocycles. The molecule has 10 atom stereocenters. The van der Waals surface area contributed by atoms with Gasteiger partial charge in [0.2, 0.25) is 10.0 Å². The number of carbonyl (C=O) groups is 1. The van der Waals surface area contributed by atoms with Gasteiger partial charge in [-0.15, -0.1) is 0 Å². The van der Waals surface area contributed by atoms with Crippen molar-refractivity contribution in [1.82, 2.24) is 10.0 Å². The molecule has 0 radical (unpaired) electrons. The van der Waals surface area contributed by atoms with Gasteiger partial charge in [0.15, 0.2) is 0 Å². The number of amides is 2. The molecule has 5 saturated carbocycles. The highest BCUT2D eigenvalue weighted by Gasteiger charge is 2.62. The summed E-state index contributed by atoms with van der Waals surface area (Å²) in [5.74, 6) is 5.02. The van der Waals surface area contributed by atoms with Crippen LogP contribution in [0.5, 0.6) is 0 Å². The Bertz CT molecular complexity index is 981. The summed E-state index contributed by atoms with van der Waals surface area (Å²) < 4.78 is 27.5. The first-order chi connectivity index (χ1) is 18.5. The van der Waals surface area contributed by atoms with Crippen molar-refractivity contribution in [3.05, 3.63) is 0 Å². The molecule has 224 valence electrons. The second-order valence-electron chi connectivity index (χ2n) is 15.0. The zero-order chi connectivity index (χ0) is 28.0. The maximum atomic E-state index is 12.6. The van der Waals surface area contributed by atoms with E-state index in [0.717, 1.165) is 62.2 Å². The Hall–Kier alpha value is -0.820. The van der Waals surface area contributed by atoms with Gasteiger partial charge in [-0.05, 0) is 123 Å². The van der Waals surface area contributed by atoms with E-state index < -0.39 is 21.3 Å². The minimum Gasteiger partial charge on any atom is -0.393 e. The van der Waals surface area contributed by atoms with Crippen LogP contribution in [0.1, 0.15) is 124 Å². The SMILES string of the molecule is CC[C@H]1C[C@@H]2[C@H](CC[C@]3(C)[C@@H]([C@H](C)CCNC(=O)NS(=O)(=O)C4CCCCC4)CC[C@@H]23)[C@@]2(C)CC[C@@H](O)C[C@@H]12. The molecular formula is C32H56N2O4S. The van der Waals surface area contributed by atoms with E-state index in [4.69, 9.17) is 0 Å². The molecule has 7 heteroatoms. The highest BCUT2D eigenvalue weighted by Crippen LogP contribution is 2.69. The smallest absolute Gasteiger partial charge is 0.328 e. The predicted molar refractivity (Wildman–Crippen MR) is 156 cm³/mol. The summed E-state index contributed by atoms with van der Waals surface area (Å²) >= 11 is 0. The maximum Gasteiger partial charge on any atom is 0.328 e. The van der Waals surface area contributed by atoms with Crippen LogP contribution in [0.4, 0.5) is 4.79 Å². The van der Waals surface area contributed by atoms with E-state index in [1.54, 1.807) is 0 Å². The van der Waals surface area contributed by atoms with Gasteiger partial charge in [0.25, 0.3) is 0 Å². The third-order valence-electron chi connectivity index (χ3n) is 13.2. The lowest BCUT2D eigenvalue weighted by Gasteiger charge is -2.63. The van der Waals surface area contributed by atoms with E-state index in [1.807, 2.05) is 0 Å². The summed E-state index contributed by atoms with van der Waals surface area (Å²) in [6, 6.07) is -0.558. The molecule has 3 N–H and O–H groups in total. The summed E-state index contributed by atoms with van der Waals surface area (Å²) in [5.41, 5.74) is 0.756. The number of hydrogen-bond acceptors (Lipinski definition) is 4. The van der Waals surface area contributed by atoms with Gasteiger partial charge in [0, 0.05) is 6.54 Å². The third kappa shape index (κ3) is 5.53. The second-order valence-corrected chi connectivity index (χ2v) is 16.9. The Morgan fingerprint density at radius 3 is 2.33 bits per heavy atom. The van der Waals surface area contributed by atoms with Crippen LogP contribution in [0.15, 0.2) is 0 Å². The molecule has 0 aliphatic heterocycles. The van der Waals surface area contributed by atoms with Crippen molar-refractivity contribution in [2.45, 2.75) is 135 Å². The predicted octanol–water partition coefficient (Wildman–Crippen LogP) is 6.63. The van der Waals surface area contributed by atoms with Gasteiger partial charge in [-0.3, -0.25) is 0 Å². The Labute approximate surface area is 238 Å². The first-order valence-electron chi connectivity index (χ1n) is 16.5. The lowest BCUT2D eigenvalue weighted by molar-refractivity contribution is -0.152. The molecule has 0 bridgehead atoms. The van der Waals surface area contributed by atoms with Gasteiger partial charge in [0.1, 0.15) is 0 Å². The summed E-state index contributed by atoms with van der Waals surface area (Å²) in [4.78, 5) is 12.5. The van der Waals surface area contributed by atoms with Crippen molar-refractivity contribution in [2.75, 3.05) is 6.54 Å². The fraction of sp³-hybridized carbons (Fsp3) is 0.969. The molecule has 0 heterocycles. The van der Waals surface area contributed by atoms with Gasteiger partial charge in [-0.1, -0.05) is 53.4 Å². The van der Waals surface area contributed by atoms with E-state index in [1.165, 1.54) is 44.9 Å². The molecule has 0 aromatic heterocycles. The molecule has 5 fully saturated rings. The van der Waals surface area contributed by atoms with E-state index in [2.05, 4.69) is 37.7 Å². The van der Waals surface area contributed by atoms with Crippen LogP contribution in [0, 0.1) is 52.3 Å². The summed E-state index contributed by atoms with van der Waals surface area (Å²) in [7, 11) is -3.59. The van der Waals surface area contributed by atoms with E-state index in [0.29, 0.717) is 48.0 Å². The molecule has 0 aromatic rings. The highest BCUT2D eigenvalue weighted by molar-refractivity contribution is 7.90. The van der Waals surface area contributed by atoms with Crippen LogP contribution < -0.4 is 10.0 Å². The van der Waals surface area contributed by atoms with Gasteiger partial charge in [-0.2, -0.15) is 0 Å². The Morgan fingerprint density at radius 1 is 0.923 bits per heavy atom. The lowest BCUT2D eigenvalue weighted by Crippen LogP contribution is -2.56. The highest BCUT2D eigenvalue weighted by atomic mass is 32.2. The molecule has 5 aliphatic rings. The number of aliphatic hydroxyl groups excluding tert-OH is 1. The van der Waals surface area contributed by atoms with E-state index in [9.17, 15) is 18.3 Å². The topological polar surface area (TPSA) is 95.5 Å². The second kappa shape index (κ2) is 11.5. The van der Waals surface area contributed by atoms with Crippen LogP contribution in [0.25, 0.3) is 0 Å². The quantitative estimate of drug-likeness (QED) is 0.323. The van der Waals surface area contributed by atoms with Crippen LogP contribution >= 0.6 is 0 Å². The summed E-state index contributed by atoms with van der Waals surface area (Å²) in [6.07, 6.45) is 16.1. The molecule has 0 saturated heterocycles. The number of nitrogens with one attached hydrogen (secondary N) is 2. The number of fused-ring (bicyclic) bond motifs is 5. The molecule has 5 rings (SSSR count). The zero-order valence-electron chi connectivity index (χ0n) is 25.1. The molecule has 39 heavy (non-hydrogen) atoms. The average molecular weight is 565 g/mol. The zero-order valence-corrected chi connectivity index (χ0v) is 25.9. The number of carbonyl (C=O) groups excluding carboxylic acids is 1. The van der Waals surface area contributed by atoms with Gasteiger partial charge >= 0.3 is 6.03 Å². The van der Waals surface area contributed by atoms with Crippen molar-refractivity contribution in [3.63, 3.8) is 0 Å². The fourth-order valence-corrected chi connectivity index (χ4v) is 12.6. The van der Waals surface area contributed by atoms with Crippen LogP contribution in [-0.4, -0.2) is 37.5 Å². The Balaban J connectivity index is 1.18. The molecule has 0 spiro atoms. The maximum absolute atomic E-state index is 12.6. The first-order valence-corrected chi connectivity index (χ1v) is 18.0. The van der Waals surface area contributed by atoms with Crippen molar-refractivity contribution >= 4 is 16.1 Å². The first kappa shape index (κ1) is 29.7. The van der Waals surface area contributed by atoms with Crippen LogP contribution in [0.2, 0.25) is 0 Å². The van der Waals surface area contributed by atoms with E-state index >= 15 is 0 Å². The molecule has 0 unspecified atom stereocenters. The van der Waals surface area contributed by atoms with Crippen molar-refractivity contribution in [3.8, 4) is 0 Å². The van der Waals surface area contributed by atoms with E-state index in [-0.39, 0.29) is 6.10 Å². The van der Waals surface area contributed by atoms with Gasteiger partial charge < -0.3 is 10.4 Å². The van der Waals surface area contributed by atoms with Crippen molar-refractivity contribution in [2.24, 2.45) is 52.3 Å². The van der Waals surface area contributed by atoms with Gasteiger partial charge in [-0.25, -0.2) is 17.9 Å². The number of aliphatic hydroxyl groups is 1. The summed E-state index contributed by atoms with van der Waals surface area (Å²) in [6.45, 7) is 10.4. The standard InChI is InChI=1S/C32H56N2O4S/c1-5-22-19-25-27-12-11-26(31(27,3)17-14-28(25)32(4)16-13-23(35)20-29(22)32)21(2)15-18-33-30(36)34-39(37,38)24-9-7-6-8-10-24/h21-29,35H,5-20H2,1-4H3,(H2,33,34,36)/t21-,22+,23-,25+,26-,27+,28+,29+,31-,32-/m1/s1. The van der Waals surface area contributed by atoms with Crippen molar-refractivity contribution < 1.29 is 18.3 Å². The number of hydrogen-bond donors (Lipinski definition) is 3. The van der Waals surface area contributed by atoms with Gasteiger partial charge in [0.05, 0.1) is 11.4 Å². The summed E-state index contributed by atoms with van der Waals surface area (Å²) in [5, 5.41) is 13.0. The molecule has 2 amide bonds.